The predicted octanol–water partition coefficient (Wildman–Crippen LogP) is 4.53. The van der Waals surface area contributed by atoms with E-state index in [1.54, 1.807) is 0 Å². The van der Waals surface area contributed by atoms with Crippen LogP contribution in [-0.2, 0) is 9.59 Å². The van der Waals surface area contributed by atoms with E-state index < -0.39 is 0 Å². The number of nitrogens with zero attached hydrogens (tertiary/aromatic N) is 1. The highest BCUT2D eigenvalue weighted by Gasteiger charge is 2.33. The molecule has 0 unspecified atom stereocenters. The molecule has 0 bridgehead atoms. The van der Waals surface area contributed by atoms with Gasteiger partial charge in [-0.1, -0.05) is 71.1 Å². The summed E-state index contributed by atoms with van der Waals surface area (Å²) in [6, 6.07) is -0.245. The Morgan fingerprint density at radius 2 is 1.50 bits per heavy atom. The Bertz CT molecular complexity index is 415. The average molecular weight is 396 g/mol. The van der Waals surface area contributed by atoms with Crippen molar-refractivity contribution in [1.29, 1.82) is 0 Å². The van der Waals surface area contributed by atoms with Gasteiger partial charge >= 0.3 is 0 Å². The van der Waals surface area contributed by atoms with Gasteiger partial charge in [0.1, 0.15) is 6.04 Å². The number of likely N-dealkylation sites (tertiary alicyclic amines) is 1. The van der Waals surface area contributed by atoms with E-state index in [1.807, 2.05) is 4.90 Å². The Kier molecular flexibility index (Phi) is 15.0. The van der Waals surface area contributed by atoms with Crippen molar-refractivity contribution in [2.75, 3.05) is 19.6 Å². The molecule has 28 heavy (non-hydrogen) atoms. The fourth-order valence-corrected chi connectivity index (χ4v) is 4.02. The third-order valence-electron chi connectivity index (χ3n) is 5.80. The van der Waals surface area contributed by atoms with Crippen LogP contribution in [0.2, 0.25) is 0 Å². The zero-order chi connectivity index (χ0) is 20.5. The van der Waals surface area contributed by atoms with Crippen molar-refractivity contribution in [2.24, 2.45) is 5.73 Å². The summed E-state index contributed by atoms with van der Waals surface area (Å²) < 4.78 is 0. The highest BCUT2D eigenvalue weighted by atomic mass is 16.2. The number of hydrogen-bond donors (Lipinski definition) is 2. The SMILES string of the molecule is CCCCCCCCCCCCC(=O)N1CCC[C@@H]1C(=O)NCCCCCN. The fourth-order valence-electron chi connectivity index (χ4n) is 4.02. The molecule has 0 aromatic carbocycles. The first-order chi connectivity index (χ1) is 13.7. The van der Waals surface area contributed by atoms with Crippen LogP contribution in [0.25, 0.3) is 0 Å². The quantitative estimate of drug-likeness (QED) is 0.355. The topological polar surface area (TPSA) is 75.4 Å². The van der Waals surface area contributed by atoms with Gasteiger partial charge in [-0.15, -0.1) is 0 Å². The monoisotopic (exact) mass is 395 g/mol. The molecule has 5 nitrogen and oxygen atoms in total. The number of carbonyl (C=O) groups is 2. The highest BCUT2D eigenvalue weighted by Crippen LogP contribution is 2.20. The number of rotatable bonds is 17. The summed E-state index contributed by atoms with van der Waals surface area (Å²) in [5.74, 6) is 0.196. The molecular weight excluding hydrogens is 350 g/mol. The van der Waals surface area contributed by atoms with Crippen LogP contribution in [0.1, 0.15) is 110 Å². The largest absolute Gasteiger partial charge is 0.354 e. The van der Waals surface area contributed by atoms with Gasteiger partial charge in [0, 0.05) is 19.5 Å². The summed E-state index contributed by atoms with van der Waals surface area (Å²) in [5.41, 5.74) is 5.49. The standard InChI is InChI=1S/C23H45N3O2/c1-2-3-4-5-6-7-8-9-10-12-17-22(27)26-20-15-16-21(26)23(28)25-19-14-11-13-18-24/h21H,2-20,24H2,1H3,(H,25,28)/t21-/m1/s1. The summed E-state index contributed by atoms with van der Waals surface area (Å²) in [5, 5.41) is 3.00. The van der Waals surface area contributed by atoms with Crippen LogP contribution in [0.15, 0.2) is 0 Å². The van der Waals surface area contributed by atoms with Crippen molar-refractivity contribution >= 4 is 11.8 Å². The van der Waals surface area contributed by atoms with Gasteiger partial charge in [-0.05, 0) is 38.6 Å². The Morgan fingerprint density at radius 1 is 0.893 bits per heavy atom. The van der Waals surface area contributed by atoms with Gasteiger partial charge in [0.2, 0.25) is 11.8 Å². The van der Waals surface area contributed by atoms with Crippen molar-refractivity contribution in [3.8, 4) is 0 Å². The average Bonchev–Trinajstić information content (AvgIpc) is 3.19. The van der Waals surface area contributed by atoms with Gasteiger partial charge in [0.15, 0.2) is 0 Å². The highest BCUT2D eigenvalue weighted by molar-refractivity contribution is 5.88. The lowest BCUT2D eigenvalue weighted by Gasteiger charge is -2.24. The first-order valence-corrected chi connectivity index (χ1v) is 12.0. The minimum atomic E-state index is -0.245. The van der Waals surface area contributed by atoms with Gasteiger partial charge in [-0.3, -0.25) is 9.59 Å². The summed E-state index contributed by atoms with van der Waals surface area (Å²) >= 11 is 0. The van der Waals surface area contributed by atoms with E-state index in [4.69, 9.17) is 5.73 Å². The molecule has 164 valence electrons. The molecule has 1 aliphatic heterocycles. The first kappa shape index (κ1) is 24.9. The maximum Gasteiger partial charge on any atom is 0.242 e. The van der Waals surface area contributed by atoms with E-state index in [2.05, 4.69) is 12.2 Å². The van der Waals surface area contributed by atoms with Crippen molar-refractivity contribution in [3.05, 3.63) is 0 Å². The molecule has 1 heterocycles. The second-order valence-corrected chi connectivity index (χ2v) is 8.32. The maximum absolute atomic E-state index is 12.5. The number of hydrogen-bond acceptors (Lipinski definition) is 3. The van der Waals surface area contributed by atoms with E-state index in [-0.39, 0.29) is 17.9 Å². The van der Waals surface area contributed by atoms with E-state index >= 15 is 0 Å². The number of unbranched alkanes of at least 4 members (excludes halogenated alkanes) is 11. The first-order valence-electron chi connectivity index (χ1n) is 12.0. The molecule has 0 aromatic rings. The lowest BCUT2D eigenvalue weighted by molar-refractivity contribution is -0.138. The van der Waals surface area contributed by atoms with Gasteiger partial charge in [0.05, 0.1) is 0 Å². The normalized spacial score (nSPS) is 16.5. The van der Waals surface area contributed by atoms with E-state index in [0.29, 0.717) is 19.5 Å². The Labute approximate surface area is 173 Å². The number of nitrogens with one attached hydrogen (secondary N) is 1. The lowest BCUT2D eigenvalue weighted by atomic mass is 10.1. The zero-order valence-electron chi connectivity index (χ0n) is 18.4. The molecule has 2 amide bonds. The molecule has 0 radical (unpaired) electrons. The Morgan fingerprint density at radius 3 is 2.14 bits per heavy atom. The molecule has 1 atom stereocenters. The Hall–Kier alpha value is -1.10. The van der Waals surface area contributed by atoms with Crippen LogP contribution in [0, 0.1) is 0 Å². The van der Waals surface area contributed by atoms with E-state index in [9.17, 15) is 9.59 Å². The molecule has 0 aromatic heterocycles. The third-order valence-corrected chi connectivity index (χ3v) is 5.80. The van der Waals surface area contributed by atoms with E-state index in [1.165, 1.54) is 51.4 Å². The molecule has 0 aliphatic carbocycles. The second-order valence-electron chi connectivity index (χ2n) is 8.32. The molecule has 1 fully saturated rings. The van der Waals surface area contributed by atoms with E-state index in [0.717, 1.165) is 51.5 Å². The van der Waals surface area contributed by atoms with Crippen LogP contribution in [-0.4, -0.2) is 42.4 Å². The molecule has 1 saturated heterocycles. The van der Waals surface area contributed by atoms with Crippen molar-refractivity contribution < 1.29 is 9.59 Å². The van der Waals surface area contributed by atoms with Crippen molar-refractivity contribution in [3.63, 3.8) is 0 Å². The van der Waals surface area contributed by atoms with Gasteiger partial charge < -0.3 is 16.0 Å². The summed E-state index contributed by atoms with van der Waals surface area (Å²) in [4.78, 5) is 26.8. The summed E-state index contributed by atoms with van der Waals surface area (Å²) in [6.45, 7) is 4.39. The van der Waals surface area contributed by atoms with Gasteiger partial charge in [-0.25, -0.2) is 0 Å². The van der Waals surface area contributed by atoms with Crippen LogP contribution < -0.4 is 11.1 Å². The van der Waals surface area contributed by atoms with Crippen LogP contribution in [0.5, 0.6) is 0 Å². The minimum Gasteiger partial charge on any atom is -0.354 e. The minimum absolute atomic E-state index is 0.0293. The molecular formula is C23H45N3O2. The smallest absolute Gasteiger partial charge is 0.242 e. The molecule has 1 rings (SSSR count). The third kappa shape index (κ3) is 11.0. The fraction of sp³-hybridized carbons (Fsp3) is 0.913. The maximum atomic E-state index is 12.5. The predicted molar refractivity (Wildman–Crippen MR) is 117 cm³/mol. The van der Waals surface area contributed by atoms with Crippen LogP contribution in [0.3, 0.4) is 0 Å². The molecule has 5 heteroatoms. The number of amides is 2. The van der Waals surface area contributed by atoms with Crippen LogP contribution >= 0.6 is 0 Å². The second kappa shape index (κ2) is 16.8. The summed E-state index contributed by atoms with van der Waals surface area (Å²) in [6.07, 6.45) is 18.1. The van der Waals surface area contributed by atoms with Gasteiger partial charge in [0.25, 0.3) is 0 Å². The molecule has 0 spiro atoms. The lowest BCUT2D eigenvalue weighted by Crippen LogP contribution is -2.46. The molecule has 3 N–H and O–H groups in total. The van der Waals surface area contributed by atoms with Gasteiger partial charge in [-0.2, -0.15) is 0 Å². The molecule has 1 aliphatic rings. The summed E-state index contributed by atoms with van der Waals surface area (Å²) in [7, 11) is 0. The Balaban J connectivity index is 2.10. The zero-order valence-corrected chi connectivity index (χ0v) is 18.4. The van der Waals surface area contributed by atoms with Crippen LogP contribution in [0.4, 0.5) is 0 Å². The number of carbonyl (C=O) groups excluding carboxylic acids is 2. The van der Waals surface area contributed by atoms with Crippen molar-refractivity contribution in [1.82, 2.24) is 10.2 Å². The van der Waals surface area contributed by atoms with Crippen molar-refractivity contribution in [2.45, 2.75) is 116 Å². The molecule has 0 saturated carbocycles. The number of nitrogens with two attached hydrogens (primary N) is 1.